The fraction of sp³-hybridized carbons (Fsp3) is 0.625. The van der Waals surface area contributed by atoms with Gasteiger partial charge in [-0.3, -0.25) is 4.79 Å². The Labute approximate surface area is 157 Å². The highest BCUT2D eigenvalue weighted by molar-refractivity contribution is 7.88. The van der Waals surface area contributed by atoms with Crippen LogP contribution in [0.2, 0.25) is 0 Å². The third kappa shape index (κ3) is 3.61. The van der Waals surface area contributed by atoms with E-state index in [0.29, 0.717) is 56.4 Å². The van der Waals surface area contributed by atoms with Gasteiger partial charge in [0.05, 0.1) is 18.5 Å². The third-order valence-electron chi connectivity index (χ3n) is 5.19. The molecule has 27 heavy (non-hydrogen) atoms. The van der Waals surface area contributed by atoms with Gasteiger partial charge in [-0.2, -0.15) is 4.98 Å². The van der Waals surface area contributed by atoms with Crippen LogP contribution >= 0.6 is 0 Å². The van der Waals surface area contributed by atoms with Crippen LogP contribution in [0.1, 0.15) is 46.9 Å². The van der Waals surface area contributed by atoms with E-state index in [2.05, 4.69) is 15.1 Å². The lowest BCUT2D eigenvalue weighted by Crippen LogP contribution is -2.48. The molecule has 2 aliphatic heterocycles. The van der Waals surface area contributed by atoms with Gasteiger partial charge in [-0.15, -0.1) is 0 Å². The molecule has 0 aromatic carbocycles. The summed E-state index contributed by atoms with van der Waals surface area (Å²) < 4.78 is 31.8. The smallest absolute Gasteiger partial charge is 0.274 e. The summed E-state index contributed by atoms with van der Waals surface area (Å²) in [6.07, 6.45) is 5.89. The van der Waals surface area contributed by atoms with E-state index in [1.54, 1.807) is 22.0 Å². The highest BCUT2D eigenvalue weighted by Gasteiger charge is 2.37. The molecular weight excluding hydrogens is 372 g/mol. The van der Waals surface area contributed by atoms with Gasteiger partial charge in [-0.1, -0.05) is 5.16 Å². The Balaban J connectivity index is 1.33. The van der Waals surface area contributed by atoms with Gasteiger partial charge >= 0.3 is 0 Å². The minimum atomic E-state index is -3.15. The topological polar surface area (TPSA) is 114 Å². The SMILES string of the molecule is Cn1cnc(C(=O)N2CC(c3nc(C4CCN(S(C)(=O)=O)CC4)no3)C2)c1. The minimum absolute atomic E-state index is 0.0371. The van der Waals surface area contributed by atoms with Crippen LogP contribution < -0.4 is 0 Å². The lowest BCUT2D eigenvalue weighted by molar-refractivity contribution is 0.0563. The molecule has 0 unspecified atom stereocenters. The molecular formula is C16H22N6O4S. The fourth-order valence-electron chi connectivity index (χ4n) is 3.51. The van der Waals surface area contributed by atoms with Gasteiger partial charge in [0.15, 0.2) is 5.82 Å². The first-order valence-electron chi connectivity index (χ1n) is 8.87. The van der Waals surface area contributed by atoms with E-state index >= 15 is 0 Å². The highest BCUT2D eigenvalue weighted by atomic mass is 32.2. The molecule has 2 aromatic rings. The number of aryl methyl sites for hydroxylation is 1. The van der Waals surface area contributed by atoms with Crippen molar-refractivity contribution >= 4 is 15.9 Å². The summed E-state index contributed by atoms with van der Waals surface area (Å²) in [6, 6.07) is 0. The van der Waals surface area contributed by atoms with Crippen molar-refractivity contribution in [2.75, 3.05) is 32.4 Å². The fourth-order valence-corrected chi connectivity index (χ4v) is 4.38. The Kier molecular flexibility index (Phi) is 4.50. The number of hydrogen-bond donors (Lipinski definition) is 0. The van der Waals surface area contributed by atoms with Crippen molar-refractivity contribution < 1.29 is 17.7 Å². The normalized spacial score (nSPS) is 20.0. The van der Waals surface area contributed by atoms with E-state index in [-0.39, 0.29) is 17.7 Å². The average molecular weight is 394 g/mol. The number of rotatable bonds is 4. The van der Waals surface area contributed by atoms with Crippen LogP contribution in [0.3, 0.4) is 0 Å². The van der Waals surface area contributed by atoms with E-state index < -0.39 is 10.0 Å². The second-order valence-electron chi connectivity index (χ2n) is 7.26. The molecule has 2 fully saturated rings. The lowest BCUT2D eigenvalue weighted by atomic mass is 9.97. The van der Waals surface area contributed by atoms with Crippen LogP contribution in [0.4, 0.5) is 0 Å². The molecule has 2 aliphatic rings. The summed E-state index contributed by atoms with van der Waals surface area (Å²) in [4.78, 5) is 22.6. The number of aromatic nitrogens is 4. The number of nitrogens with zero attached hydrogens (tertiary/aromatic N) is 6. The molecule has 146 valence electrons. The van der Waals surface area contributed by atoms with Crippen molar-refractivity contribution in [1.29, 1.82) is 0 Å². The van der Waals surface area contributed by atoms with Crippen LogP contribution in [-0.2, 0) is 17.1 Å². The molecule has 0 aliphatic carbocycles. The van der Waals surface area contributed by atoms with E-state index in [9.17, 15) is 13.2 Å². The molecule has 4 rings (SSSR count). The van der Waals surface area contributed by atoms with Gasteiger partial charge in [0.1, 0.15) is 5.69 Å². The molecule has 0 bridgehead atoms. The second kappa shape index (κ2) is 6.71. The van der Waals surface area contributed by atoms with Crippen LogP contribution in [0.25, 0.3) is 0 Å². The van der Waals surface area contributed by atoms with E-state index in [1.165, 1.54) is 10.6 Å². The van der Waals surface area contributed by atoms with E-state index in [4.69, 9.17) is 4.52 Å². The van der Waals surface area contributed by atoms with Crippen molar-refractivity contribution in [3.05, 3.63) is 29.9 Å². The van der Waals surface area contributed by atoms with Crippen LogP contribution in [0.5, 0.6) is 0 Å². The lowest BCUT2D eigenvalue weighted by Gasteiger charge is -2.36. The zero-order chi connectivity index (χ0) is 19.2. The van der Waals surface area contributed by atoms with Crippen molar-refractivity contribution in [3.8, 4) is 0 Å². The molecule has 11 heteroatoms. The van der Waals surface area contributed by atoms with Crippen LogP contribution in [-0.4, -0.2) is 75.7 Å². The van der Waals surface area contributed by atoms with Gasteiger partial charge in [-0.25, -0.2) is 17.7 Å². The van der Waals surface area contributed by atoms with Crippen molar-refractivity contribution in [2.24, 2.45) is 7.05 Å². The molecule has 2 aromatic heterocycles. The zero-order valence-corrected chi connectivity index (χ0v) is 16.1. The minimum Gasteiger partial charge on any atom is -0.340 e. The Bertz CT molecular complexity index is 938. The molecule has 0 atom stereocenters. The van der Waals surface area contributed by atoms with Crippen molar-refractivity contribution in [3.63, 3.8) is 0 Å². The summed E-state index contributed by atoms with van der Waals surface area (Å²) in [7, 11) is -1.32. The average Bonchev–Trinajstić information content (AvgIpc) is 3.22. The monoisotopic (exact) mass is 394 g/mol. The number of imidazole rings is 1. The first-order chi connectivity index (χ1) is 12.8. The number of likely N-dealkylation sites (tertiary alicyclic amines) is 1. The molecule has 2 saturated heterocycles. The van der Waals surface area contributed by atoms with Crippen LogP contribution in [0.15, 0.2) is 17.0 Å². The maximum Gasteiger partial charge on any atom is 0.274 e. The van der Waals surface area contributed by atoms with Gasteiger partial charge in [0.25, 0.3) is 5.91 Å². The Morgan fingerprint density at radius 2 is 1.93 bits per heavy atom. The molecule has 10 nitrogen and oxygen atoms in total. The van der Waals surface area contributed by atoms with Gasteiger partial charge in [0, 0.05) is 45.3 Å². The number of hydrogen-bond acceptors (Lipinski definition) is 7. The van der Waals surface area contributed by atoms with Crippen molar-refractivity contribution in [1.82, 2.24) is 28.9 Å². The maximum absolute atomic E-state index is 12.3. The van der Waals surface area contributed by atoms with E-state index in [0.717, 1.165) is 0 Å². The Morgan fingerprint density at radius 3 is 2.52 bits per heavy atom. The summed E-state index contributed by atoms with van der Waals surface area (Å²) in [6.45, 7) is 2.01. The van der Waals surface area contributed by atoms with Gasteiger partial charge in [-0.05, 0) is 12.8 Å². The highest BCUT2D eigenvalue weighted by Crippen LogP contribution is 2.31. The molecule has 0 radical (unpaired) electrons. The number of carbonyl (C=O) groups is 1. The van der Waals surface area contributed by atoms with Crippen LogP contribution in [0, 0.1) is 0 Å². The molecule has 4 heterocycles. The molecule has 0 N–H and O–H groups in total. The third-order valence-corrected chi connectivity index (χ3v) is 6.49. The first-order valence-corrected chi connectivity index (χ1v) is 10.7. The van der Waals surface area contributed by atoms with Crippen molar-refractivity contribution in [2.45, 2.75) is 24.7 Å². The Morgan fingerprint density at radius 1 is 1.22 bits per heavy atom. The summed E-state index contributed by atoms with van der Waals surface area (Å²) in [5.41, 5.74) is 0.430. The van der Waals surface area contributed by atoms with Gasteiger partial charge in [0.2, 0.25) is 15.9 Å². The quantitative estimate of drug-likeness (QED) is 0.727. The summed E-state index contributed by atoms with van der Waals surface area (Å²) in [5.74, 6) is 1.22. The largest absolute Gasteiger partial charge is 0.340 e. The first kappa shape index (κ1) is 18.1. The predicted molar refractivity (Wildman–Crippen MR) is 94.5 cm³/mol. The summed E-state index contributed by atoms with van der Waals surface area (Å²) in [5, 5.41) is 4.09. The number of sulfonamides is 1. The zero-order valence-electron chi connectivity index (χ0n) is 15.3. The molecule has 1 amide bonds. The number of carbonyl (C=O) groups excluding carboxylic acids is 1. The standard InChI is InChI=1S/C16H22N6O4S/c1-20-9-13(17-10-20)16(23)21-7-12(8-21)15-18-14(19-26-15)11-3-5-22(6-4-11)27(2,24)25/h9-12H,3-8H2,1-2H3. The number of piperidine rings is 1. The maximum atomic E-state index is 12.3. The van der Waals surface area contributed by atoms with Gasteiger partial charge < -0.3 is 14.0 Å². The van der Waals surface area contributed by atoms with E-state index in [1.807, 2.05) is 7.05 Å². The Hall–Kier alpha value is -2.27. The second-order valence-corrected chi connectivity index (χ2v) is 9.24. The molecule has 0 saturated carbocycles. The predicted octanol–water partition coefficient (Wildman–Crippen LogP) is 0.182. The summed E-state index contributed by atoms with van der Waals surface area (Å²) >= 11 is 0. The number of amides is 1. The molecule has 0 spiro atoms.